The fraction of sp³-hybridized carbons (Fsp3) is 0.364. The van der Waals surface area contributed by atoms with Crippen molar-refractivity contribution in [1.82, 2.24) is 0 Å². The van der Waals surface area contributed by atoms with Crippen LogP contribution in [0.2, 0.25) is 0 Å². The zero-order chi connectivity index (χ0) is 22.5. The SMILES string of the molecule is CCOC(=O)c1ccc(C)c(NC(=O)[C@H](C)N(c2ccc(CC)cc2)S(C)(=O)=O)c1. The Balaban J connectivity index is 2.31. The number of nitrogens with zero attached hydrogens (tertiary/aromatic N) is 1. The van der Waals surface area contributed by atoms with E-state index in [1.54, 1.807) is 38.1 Å². The van der Waals surface area contributed by atoms with Crippen LogP contribution >= 0.6 is 0 Å². The maximum Gasteiger partial charge on any atom is 0.338 e. The van der Waals surface area contributed by atoms with Gasteiger partial charge in [-0.25, -0.2) is 13.2 Å². The topological polar surface area (TPSA) is 92.8 Å². The van der Waals surface area contributed by atoms with Gasteiger partial charge in [0.05, 0.1) is 24.1 Å². The Morgan fingerprint density at radius 1 is 1.10 bits per heavy atom. The molecular weight excluding hydrogens is 404 g/mol. The van der Waals surface area contributed by atoms with Crippen LogP contribution in [0, 0.1) is 6.92 Å². The van der Waals surface area contributed by atoms with Gasteiger partial charge in [-0.15, -0.1) is 0 Å². The summed E-state index contributed by atoms with van der Waals surface area (Å²) in [5, 5.41) is 2.74. The van der Waals surface area contributed by atoms with E-state index < -0.39 is 27.9 Å². The number of ether oxygens (including phenoxy) is 1. The van der Waals surface area contributed by atoms with Crippen molar-refractivity contribution in [3.05, 3.63) is 59.2 Å². The fourth-order valence-electron chi connectivity index (χ4n) is 3.02. The highest BCUT2D eigenvalue weighted by Gasteiger charge is 2.29. The molecule has 2 aromatic carbocycles. The van der Waals surface area contributed by atoms with Gasteiger partial charge < -0.3 is 10.1 Å². The summed E-state index contributed by atoms with van der Waals surface area (Å²) in [6.07, 6.45) is 1.89. The number of rotatable bonds is 8. The van der Waals surface area contributed by atoms with Crippen LogP contribution in [0.25, 0.3) is 0 Å². The van der Waals surface area contributed by atoms with E-state index in [9.17, 15) is 18.0 Å². The van der Waals surface area contributed by atoms with Gasteiger partial charge in [-0.05, 0) is 62.6 Å². The minimum atomic E-state index is -3.71. The highest BCUT2D eigenvalue weighted by molar-refractivity contribution is 7.92. The second kappa shape index (κ2) is 9.75. The molecule has 30 heavy (non-hydrogen) atoms. The average molecular weight is 433 g/mol. The van der Waals surface area contributed by atoms with Crippen LogP contribution in [0.15, 0.2) is 42.5 Å². The Kier molecular flexibility index (Phi) is 7.61. The molecule has 0 aliphatic heterocycles. The summed E-state index contributed by atoms with van der Waals surface area (Å²) in [5.41, 5.74) is 2.94. The first-order valence-corrected chi connectivity index (χ1v) is 11.6. The van der Waals surface area contributed by atoms with Crippen LogP contribution in [0.5, 0.6) is 0 Å². The minimum Gasteiger partial charge on any atom is -0.462 e. The fourth-order valence-corrected chi connectivity index (χ4v) is 4.20. The summed E-state index contributed by atoms with van der Waals surface area (Å²) in [4.78, 5) is 24.9. The number of hydrogen-bond acceptors (Lipinski definition) is 5. The van der Waals surface area contributed by atoms with E-state index in [0.717, 1.165) is 28.1 Å². The smallest absolute Gasteiger partial charge is 0.338 e. The van der Waals surface area contributed by atoms with Crippen molar-refractivity contribution in [2.75, 3.05) is 22.5 Å². The number of benzene rings is 2. The van der Waals surface area contributed by atoms with Gasteiger partial charge in [0.2, 0.25) is 15.9 Å². The van der Waals surface area contributed by atoms with Crippen molar-refractivity contribution in [3.63, 3.8) is 0 Å². The molecule has 0 saturated heterocycles. The Morgan fingerprint density at radius 2 is 1.73 bits per heavy atom. The number of hydrogen-bond donors (Lipinski definition) is 1. The van der Waals surface area contributed by atoms with Crippen LogP contribution in [0.1, 0.15) is 42.3 Å². The van der Waals surface area contributed by atoms with Gasteiger partial charge in [0.15, 0.2) is 0 Å². The van der Waals surface area contributed by atoms with E-state index in [1.807, 2.05) is 19.1 Å². The van der Waals surface area contributed by atoms with E-state index in [1.165, 1.54) is 13.0 Å². The van der Waals surface area contributed by atoms with Gasteiger partial charge in [0.25, 0.3) is 0 Å². The lowest BCUT2D eigenvalue weighted by Crippen LogP contribution is -2.45. The normalized spacial score (nSPS) is 12.2. The number of sulfonamides is 1. The van der Waals surface area contributed by atoms with Gasteiger partial charge in [0.1, 0.15) is 6.04 Å². The number of amides is 1. The number of carbonyl (C=O) groups excluding carboxylic acids is 2. The Hall–Kier alpha value is -2.87. The van der Waals surface area contributed by atoms with E-state index in [2.05, 4.69) is 5.32 Å². The third-order valence-corrected chi connectivity index (χ3v) is 5.94. The Bertz CT molecular complexity index is 1020. The summed E-state index contributed by atoms with van der Waals surface area (Å²) >= 11 is 0. The molecule has 0 fully saturated rings. The zero-order valence-corrected chi connectivity index (χ0v) is 18.7. The number of nitrogens with one attached hydrogen (secondary N) is 1. The van der Waals surface area contributed by atoms with E-state index >= 15 is 0 Å². The lowest BCUT2D eigenvalue weighted by atomic mass is 10.1. The van der Waals surface area contributed by atoms with Gasteiger partial charge in [-0.3, -0.25) is 9.10 Å². The molecule has 0 aromatic heterocycles. The molecule has 0 heterocycles. The molecule has 0 unspecified atom stereocenters. The van der Waals surface area contributed by atoms with Crippen molar-refractivity contribution < 1.29 is 22.7 Å². The zero-order valence-electron chi connectivity index (χ0n) is 17.9. The van der Waals surface area contributed by atoms with Crippen molar-refractivity contribution in [3.8, 4) is 0 Å². The molecular formula is C22H28N2O5S. The monoisotopic (exact) mass is 432 g/mol. The molecule has 0 saturated carbocycles. The minimum absolute atomic E-state index is 0.242. The largest absolute Gasteiger partial charge is 0.462 e. The van der Waals surface area contributed by atoms with Crippen LogP contribution in [0.3, 0.4) is 0 Å². The molecule has 0 aliphatic carbocycles. The van der Waals surface area contributed by atoms with Crippen molar-refractivity contribution in [1.29, 1.82) is 0 Å². The number of aryl methyl sites for hydroxylation is 2. The van der Waals surface area contributed by atoms with Crippen LogP contribution in [-0.2, 0) is 26.0 Å². The molecule has 8 heteroatoms. The molecule has 1 amide bonds. The van der Waals surface area contributed by atoms with E-state index in [-0.39, 0.29) is 6.61 Å². The predicted molar refractivity (Wildman–Crippen MR) is 118 cm³/mol. The summed E-state index contributed by atoms with van der Waals surface area (Å²) in [6, 6.07) is 10.9. The van der Waals surface area contributed by atoms with Crippen molar-refractivity contribution >= 4 is 33.3 Å². The molecule has 0 aliphatic rings. The van der Waals surface area contributed by atoms with Gasteiger partial charge in [-0.1, -0.05) is 25.1 Å². The third kappa shape index (κ3) is 5.60. The van der Waals surface area contributed by atoms with Crippen LogP contribution in [-0.4, -0.2) is 39.2 Å². The molecule has 2 aromatic rings. The quantitative estimate of drug-likeness (QED) is 0.644. The summed E-state index contributed by atoms with van der Waals surface area (Å²) < 4.78 is 31.0. The third-order valence-electron chi connectivity index (χ3n) is 4.69. The molecule has 162 valence electrons. The van der Waals surface area contributed by atoms with Crippen LogP contribution < -0.4 is 9.62 Å². The molecule has 0 bridgehead atoms. The summed E-state index contributed by atoms with van der Waals surface area (Å²) in [6.45, 7) is 7.27. The van der Waals surface area contributed by atoms with E-state index in [4.69, 9.17) is 4.74 Å². The van der Waals surface area contributed by atoms with Gasteiger partial charge in [0, 0.05) is 5.69 Å². The first-order valence-electron chi connectivity index (χ1n) is 9.75. The van der Waals surface area contributed by atoms with Gasteiger partial charge in [-0.2, -0.15) is 0 Å². The van der Waals surface area contributed by atoms with E-state index in [0.29, 0.717) is 16.9 Å². The lowest BCUT2D eigenvalue weighted by molar-refractivity contribution is -0.116. The number of anilines is 2. The second-order valence-corrected chi connectivity index (χ2v) is 8.85. The number of esters is 1. The highest BCUT2D eigenvalue weighted by Crippen LogP contribution is 2.24. The lowest BCUT2D eigenvalue weighted by Gasteiger charge is -2.28. The standard InChI is InChI=1S/C22H28N2O5S/c1-6-17-9-12-19(13-10-17)24(30(5,27)28)16(4)21(25)23-20-14-18(11-8-15(20)3)22(26)29-7-2/h8-14,16H,6-7H2,1-5H3,(H,23,25)/t16-/m0/s1. The summed E-state index contributed by atoms with van der Waals surface area (Å²) in [5.74, 6) is -1.00. The van der Waals surface area contributed by atoms with Crippen LogP contribution in [0.4, 0.5) is 11.4 Å². The first kappa shape index (κ1) is 23.4. The first-order chi connectivity index (χ1) is 14.1. The maximum atomic E-state index is 12.9. The molecule has 0 radical (unpaired) electrons. The average Bonchev–Trinajstić information content (AvgIpc) is 2.69. The number of carbonyl (C=O) groups is 2. The predicted octanol–water partition coefficient (Wildman–Crippen LogP) is 3.53. The van der Waals surface area contributed by atoms with Crippen molar-refractivity contribution in [2.24, 2.45) is 0 Å². The maximum absolute atomic E-state index is 12.9. The van der Waals surface area contributed by atoms with Gasteiger partial charge >= 0.3 is 5.97 Å². The summed E-state index contributed by atoms with van der Waals surface area (Å²) in [7, 11) is -3.71. The molecule has 2 rings (SSSR count). The molecule has 1 N–H and O–H groups in total. The Labute approximate surface area is 178 Å². The second-order valence-electron chi connectivity index (χ2n) is 6.99. The van der Waals surface area contributed by atoms with Crippen molar-refractivity contribution in [2.45, 2.75) is 40.2 Å². The highest BCUT2D eigenvalue weighted by atomic mass is 32.2. The molecule has 7 nitrogen and oxygen atoms in total. The molecule has 0 spiro atoms. The molecule has 1 atom stereocenters. The Morgan fingerprint density at radius 3 is 2.27 bits per heavy atom.